The summed E-state index contributed by atoms with van der Waals surface area (Å²) in [5.41, 5.74) is 1.84. The molecule has 2 aromatic carbocycles. The van der Waals surface area contributed by atoms with Gasteiger partial charge in [-0.25, -0.2) is 17.6 Å². The zero-order chi connectivity index (χ0) is 32.4. The van der Waals surface area contributed by atoms with Crippen molar-refractivity contribution in [3.8, 4) is 0 Å². The molecule has 7 aliphatic rings. The fourth-order valence-electron chi connectivity index (χ4n) is 10.4. The van der Waals surface area contributed by atoms with Gasteiger partial charge in [0.2, 0.25) is 0 Å². The largest absolute Gasteiger partial charge is 0.465 e. The molecule has 3 saturated heterocycles. The molecule has 254 valence electrons. The molecule has 0 radical (unpaired) electrons. The summed E-state index contributed by atoms with van der Waals surface area (Å²) in [4.78, 5) is 19.8. The van der Waals surface area contributed by atoms with E-state index >= 15 is 0 Å². The number of nitrogens with zero attached hydrogens (tertiary/aromatic N) is 3. The maximum Gasteiger partial charge on any atom is 0.404 e. The van der Waals surface area contributed by atoms with E-state index < -0.39 is 20.7 Å². The third-order valence-electron chi connectivity index (χ3n) is 13.1. The fraction of sp³-hybridized carbons (Fsp3) is 0.649. The van der Waals surface area contributed by atoms with Gasteiger partial charge in [-0.1, -0.05) is 18.6 Å². The Bertz CT molecular complexity index is 1570. The van der Waals surface area contributed by atoms with Crippen molar-refractivity contribution in [2.75, 3.05) is 57.3 Å². The number of nitrogens with one attached hydrogen (secondary N) is 1. The number of sulfone groups is 1. The van der Waals surface area contributed by atoms with Crippen LogP contribution in [0, 0.1) is 29.5 Å². The molecule has 3 aliphatic heterocycles. The van der Waals surface area contributed by atoms with Crippen LogP contribution in [0.25, 0.3) is 0 Å². The minimum absolute atomic E-state index is 0.117. The van der Waals surface area contributed by atoms with Crippen LogP contribution in [0.1, 0.15) is 63.4 Å². The maximum absolute atomic E-state index is 14.9. The van der Waals surface area contributed by atoms with Crippen molar-refractivity contribution in [3.05, 3.63) is 59.9 Å². The highest BCUT2D eigenvalue weighted by Crippen LogP contribution is 2.63. The van der Waals surface area contributed by atoms with E-state index in [2.05, 4.69) is 26.1 Å². The molecular formula is C37H49FN4O4S. The Balaban J connectivity index is 0.927. The lowest BCUT2D eigenvalue weighted by molar-refractivity contribution is 0.0226. The predicted molar refractivity (Wildman–Crippen MR) is 180 cm³/mol. The molecule has 0 aromatic heterocycles. The molecule has 1 amide bonds. The molecule has 47 heavy (non-hydrogen) atoms. The van der Waals surface area contributed by atoms with Crippen molar-refractivity contribution in [2.24, 2.45) is 23.7 Å². The van der Waals surface area contributed by atoms with E-state index in [1.165, 1.54) is 12.5 Å². The number of halogens is 1. The molecule has 0 unspecified atom stereocenters. The van der Waals surface area contributed by atoms with Gasteiger partial charge in [-0.2, -0.15) is 0 Å². The first-order chi connectivity index (χ1) is 22.6. The number of hydrogen-bond donors (Lipinski definition) is 2. The topological polar surface area (TPSA) is 93.2 Å². The van der Waals surface area contributed by atoms with Crippen molar-refractivity contribution in [2.45, 2.75) is 78.9 Å². The summed E-state index contributed by atoms with van der Waals surface area (Å²) in [6, 6.07) is 14.7. The van der Waals surface area contributed by atoms with Crippen LogP contribution in [0.4, 0.5) is 14.9 Å². The highest BCUT2D eigenvalue weighted by molar-refractivity contribution is 7.93. The van der Waals surface area contributed by atoms with Crippen LogP contribution in [0.15, 0.2) is 53.4 Å². The number of likely N-dealkylation sites (tertiary alicyclic amines) is 2. The van der Waals surface area contributed by atoms with E-state index in [4.69, 9.17) is 0 Å². The number of rotatable bonds is 11. The lowest BCUT2D eigenvalue weighted by Gasteiger charge is -2.60. The van der Waals surface area contributed by atoms with Gasteiger partial charge in [0.15, 0.2) is 9.84 Å². The van der Waals surface area contributed by atoms with E-state index in [1.54, 1.807) is 6.07 Å². The summed E-state index contributed by atoms with van der Waals surface area (Å²) in [5, 5.41) is 12.6. The molecule has 2 aromatic rings. The molecule has 3 heterocycles. The first-order valence-electron chi connectivity index (χ1n) is 18.0. The van der Waals surface area contributed by atoms with Crippen molar-refractivity contribution >= 4 is 21.6 Å². The van der Waals surface area contributed by atoms with E-state index in [0.29, 0.717) is 22.6 Å². The molecule has 2 bridgehead atoms. The molecule has 9 rings (SSSR count). The van der Waals surface area contributed by atoms with Crippen LogP contribution in [0.2, 0.25) is 0 Å². The normalized spacial score (nSPS) is 31.3. The van der Waals surface area contributed by atoms with Crippen molar-refractivity contribution in [3.63, 3.8) is 0 Å². The lowest BCUT2D eigenvalue weighted by Crippen LogP contribution is -2.62. The van der Waals surface area contributed by atoms with Gasteiger partial charge in [0, 0.05) is 49.2 Å². The summed E-state index contributed by atoms with van der Waals surface area (Å²) < 4.78 is 40.7. The Morgan fingerprint density at radius 3 is 2.26 bits per heavy atom. The number of hydrogen-bond acceptors (Lipinski definition) is 6. The summed E-state index contributed by atoms with van der Waals surface area (Å²) in [7, 11) is -3.23. The number of carboxylic acid groups (broad SMARTS) is 1. The van der Waals surface area contributed by atoms with Crippen LogP contribution in [-0.2, 0) is 15.3 Å². The van der Waals surface area contributed by atoms with Gasteiger partial charge in [0.25, 0.3) is 0 Å². The fourth-order valence-corrected chi connectivity index (χ4v) is 12.8. The summed E-state index contributed by atoms with van der Waals surface area (Å²) in [6.45, 7) is 7.96. The second-order valence-corrected chi connectivity index (χ2v) is 18.1. The van der Waals surface area contributed by atoms with Crippen LogP contribution >= 0.6 is 0 Å². The highest BCUT2D eigenvalue weighted by Gasteiger charge is 2.65. The predicted octanol–water partition coefficient (Wildman–Crippen LogP) is 5.38. The summed E-state index contributed by atoms with van der Waals surface area (Å²) in [6.07, 6.45) is 7.58. The Kier molecular flexibility index (Phi) is 8.07. The third-order valence-corrected chi connectivity index (χ3v) is 15.7. The van der Waals surface area contributed by atoms with Gasteiger partial charge >= 0.3 is 6.09 Å². The molecule has 2 N–H and O–H groups in total. The Hall–Kier alpha value is -2.69. The minimum Gasteiger partial charge on any atom is -0.465 e. The average molecular weight is 665 g/mol. The van der Waals surface area contributed by atoms with E-state index in [9.17, 15) is 22.7 Å². The van der Waals surface area contributed by atoms with Crippen molar-refractivity contribution in [1.29, 1.82) is 0 Å². The number of carbonyl (C=O) groups is 1. The van der Waals surface area contributed by atoms with Gasteiger partial charge in [-0.15, -0.1) is 0 Å². The quantitative estimate of drug-likeness (QED) is 0.333. The average Bonchev–Trinajstić information content (AvgIpc) is 3.41. The monoisotopic (exact) mass is 664 g/mol. The first-order valence-corrected chi connectivity index (χ1v) is 19.4. The standard InChI is InChI=1S/C37H49FN4O4S/c38-30-5-1-4-29(18-30)37(25-41-14-3-15-41,33-6-2-7-34(33)39-35(43)44)28-12-16-40(17-13-28)22-27-23-42(24-27)31-8-10-32(11-9-31)47(45,46)36-19-26(20-36)21-36/h1,4-5,8-11,18,26-28,33-34,39H,2-3,6-7,12-17,19-25H2,(H,43,44)/t26?,33-,34-,36?,37-/m0/s1. The van der Waals surface area contributed by atoms with Gasteiger partial charge in [-0.3, -0.25) is 0 Å². The molecule has 7 fully saturated rings. The van der Waals surface area contributed by atoms with Gasteiger partial charge in [0.1, 0.15) is 5.82 Å². The summed E-state index contributed by atoms with van der Waals surface area (Å²) in [5.74, 6) is 1.48. The maximum atomic E-state index is 14.9. The molecule has 10 heteroatoms. The lowest BCUT2D eigenvalue weighted by atomic mass is 9.55. The number of piperidine rings is 1. The highest BCUT2D eigenvalue weighted by atomic mass is 32.2. The second kappa shape index (κ2) is 12.0. The minimum atomic E-state index is -3.23. The number of anilines is 1. The molecule has 4 aliphatic carbocycles. The van der Waals surface area contributed by atoms with Crippen LogP contribution < -0.4 is 10.2 Å². The van der Waals surface area contributed by atoms with Gasteiger partial charge in [-0.05, 0) is 137 Å². The third kappa shape index (κ3) is 5.46. The van der Waals surface area contributed by atoms with E-state index in [1.807, 2.05) is 30.3 Å². The Labute approximate surface area is 278 Å². The van der Waals surface area contributed by atoms with Crippen molar-refractivity contribution in [1.82, 2.24) is 15.1 Å². The van der Waals surface area contributed by atoms with Gasteiger partial charge in [0.05, 0.1) is 9.64 Å². The van der Waals surface area contributed by atoms with E-state index in [0.717, 1.165) is 115 Å². The molecule has 4 saturated carbocycles. The SMILES string of the molecule is O=C(O)N[C@H]1CCC[C@@H]1[C@](CN1CCC1)(c1cccc(F)c1)C1CCN(CC2CN(c3ccc(S(=O)(=O)C45CC(C4)C5)cc3)C2)CC1. The van der Waals surface area contributed by atoms with Crippen LogP contribution in [0.3, 0.4) is 0 Å². The second-order valence-electron chi connectivity index (χ2n) is 15.8. The van der Waals surface area contributed by atoms with Gasteiger partial charge < -0.3 is 25.1 Å². The zero-order valence-corrected chi connectivity index (χ0v) is 28.1. The molecular weight excluding hydrogens is 615 g/mol. The number of benzene rings is 2. The molecule has 0 spiro atoms. The molecule has 8 nitrogen and oxygen atoms in total. The van der Waals surface area contributed by atoms with Crippen LogP contribution in [0.5, 0.6) is 0 Å². The van der Waals surface area contributed by atoms with Crippen LogP contribution in [-0.4, -0.2) is 92.6 Å². The smallest absolute Gasteiger partial charge is 0.404 e. The first kappa shape index (κ1) is 31.6. The zero-order valence-electron chi connectivity index (χ0n) is 27.3. The summed E-state index contributed by atoms with van der Waals surface area (Å²) >= 11 is 0. The van der Waals surface area contributed by atoms with Crippen molar-refractivity contribution < 1.29 is 22.7 Å². The van der Waals surface area contributed by atoms with E-state index in [-0.39, 0.29) is 23.2 Å². The molecule has 3 atom stereocenters. The Morgan fingerprint density at radius 1 is 0.936 bits per heavy atom. The number of amides is 1. The Morgan fingerprint density at radius 2 is 1.66 bits per heavy atom.